The Kier molecular flexibility index (Phi) is 3.94. The molecule has 1 rings (SSSR count). The Labute approximate surface area is 87.1 Å². The number of hydrogen-bond acceptors (Lipinski definition) is 3. The van der Waals surface area contributed by atoms with Crippen LogP contribution in [0.3, 0.4) is 0 Å². The number of aromatic carboxylic acids is 2. The first kappa shape index (κ1) is 11.1. The van der Waals surface area contributed by atoms with E-state index in [2.05, 4.69) is 4.42 Å². The zero-order chi connectivity index (χ0) is 8.43. The fraction of sp³-hybridized carbons (Fsp3) is 0. The van der Waals surface area contributed by atoms with Gasteiger partial charge < -0.3 is 14.6 Å². The molecular formula is C6H4CdO5. The van der Waals surface area contributed by atoms with Crippen molar-refractivity contribution in [3.63, 3.8) is 0 Å². The number of carbonyl (C=O) groups is 2. The van der Waals surface area contributed by atoms with Gasteiger partial charge in [0.1, 0.15) is 5.56 Å². The van der Waals surface area contributed by atoms with Crippen LogP contribution < -0.4 is 0 Å². The molecule has 5 nitrogen and oxygen atoms in total. The summed E-state index contributed by atoms with van der Waals surface area (Å²) in [5.74, 6) is -3.24. The molecule has 6 heteroatoms. The fourth-order valence-electron chi connectivity index (χ4n) is 0.643. The van der Waals surface area contributed by atoms with Crippen molar-refractivity contribution >= 4 is 11.9 Å². The minimum atomic E-state index is -1.38. The van der Waals surface area contributed by atoms with E-state index >= 15 is 0 Å². The van der Waals surface area contributed by atoms with Crippen molar-refractivity contribution in [1.82, 2.24) is 0 Å². The molecule has 12 heavy (non-hydrogen) atoms. The maximum atomic E-state index is 10.3. The van der Waals surface area contributed by atoms with Crippen LogP contribution in [-0.2, 0) is 27.3 Å². The van der Waals surface area contributed by atoms with Gasteiger partial charge in [-0.2, -0.15) is 0 Å². The number of carboxylic acid groups (broad SMARTS) is 2. The van der Waals surface area contributed by atoms with Gasteiger partial charge in [0, 0.05) is 27.3 Å². The Morgan fingerprint density at radius 1 is 1.25 bits per heavy atom. The molecule has 0 saturated carbocycles. The molecule has 0 amide bonds. The standard InChI is InChI=1S/C6H4O5.Cd/c7-5(8)3-1-2-11-4(3)6(9)10;/h1-2H,(H,7,8)(H,9,10);. The van der Waals surface area contributed by atoms with Crippen molar-refractivity contribution in [1.29, 1.82) is 0 Å². The van der Waals surface area contributed by atoms with Gasteiger partial charge in [-0.15, -0.1) is 0 Å². The van der Waals surface area contributed by atoms with Crippen molar-refractivity contribution in [3.8, 4) is 0 Å². The summed E-state index contributed by atoms with van der Waals surface area (Å²) in [6, 6.07) is 1.09. The molecule has 0 aliphatic rings. The van der Waals surface area contributed by atoms with Gasteiger partial charge in [0.15, 0.2) is 0 Å². The molecule has 0 radical (unpaired) electrons. The third kappa shape index (κ3) is 2.06. The van der Waals surface area contributed by atoms with E-state index < -0.39 is 17.7 Å². The van der Waals surface area contributed by atoms with Crippen molar-refractivity contribution in [2.45, 2.75) is 0 Å². The summed E-state index contributed by atoms with van der Waals surface area (Å²) in [5, 5.41) is 16.7. The normalized spacial score (nSPS) is 8.67. The van der Waals surface area contributed by atoms with Gasteiger partial charge in [-0.3, -0.25) is 0 Å². The Morgan fingerprint density at radius 3 is 2.17 bits per heavy atom. The van der Waals surface area contributed by atoms with E-state index in [1.54, 1.807) is 0 Å². The van der Waals surface area contributed by atoms with E-state index in [1.807, 2.05) is 0 Å². The predicted molar refractivity (Wildman–Crippen MR) is 32.6 cm³/mol. The Morgan fingerprint density at radius 2 is 1.83 bits per heavy atom. The fourth-order valence-corrected chi connectivity index (χ4v) is 0.643. The first-order valence-corrected chi connectivity index (χ1v) is 2.67. The molecule has 0 spiro atoms. The maximum absolute atomic E-state index is 10.3. The minimum absolute atomic E-state index is 0. The van der Waals surface area contributed by atoms with Gasteiger partial charge in [-0.1, -0.05) is 0 Å². The number of rotatable bonds is 2. The Bertz CT molecular complexity index is 274. The van der Waals surface area contributed by atoms with E-state index in [1.165, 1.54) is 0 Å². The van der Waals surface area contributed by atoms with Gasteiger partial charge in [-0.25, -0.2) is 9.59 Å². The average molecular weight is 269 g/mol. The molecule has 2 N–H and O–H groups in total. The average Bonchev–Trinajstić information content (AvgIpc) is 2.32. The largest absolute Gasteiger partial charge is 0.478 e. The molecular weight excluding hydrogens is 264 g/mol. The summed E-state index contributed by atoms with van der Waals surface area (Å²) >= 11 is 0. The quantitative estimate of drug-likeness (QED) is 0.770. The van der Waals surface area contributed by atoms with Crippen LogP contribution in [0.1, 0.15) is 20.9 Å². The van der Waals surface area contributed by atoms with Crippen LogP contribution in [0.2, 0.25) is 0 Å². The second-order valence-electron chi connectivity index (χ2n) is 1.77. The predicted octanol–water partition coefficient (Wildman–Crippen LogP) is 0.673. The van der Waals surface area contributed by atoms with Gasteiger partial charge >= 0.3 is 11.9 Å². The number of carboxylic acids is 2. The van der Waals surface area contributed by atoms with E-state index in [0.717, 1.165) is 12.3 Å². The van der Waals surface area contributed by atoms with E-state index in [9.17, 15) is 9.59 Å². The van der Waals surface area contributed by atoms with E-state index in [-0.39, 0.29) is 32.9 Å². The molecule has 0 aliphatic heterocycles. The van der Waals surface area contributed by atoms with E-state index in [0.29, 0.717) is 0 Å². The van der Waals surface area contributed by atoms with Gasteiger partial charge in [0.05, 0.1) is 6.26 Å². The van der Waals surface area contributed by atoms with Crippen LogP contribution in [0.15, 0.2) is 16.7 Å². The molecule has 0 aliphatic carbocycles. The smallest absolute Gasteiger partial charge is 0.372 e. The topological polar surface area (TPSA) is 87.7 Å². The molecule has 1 aromatic rings. The first-order valence-electron chi connectivity index (χ1n) is 2.67. The van der Waals surface area contributed by atoms with Gasteiger partial charge in [-0.05, 0) is 6.07 Å². The summed E-state index contributed by atoms with van der Waals surface area (Å²) in [6.45, 7) is 0. The summed E-state index contributed by atoms with van der Waals surface area (Å²) in [7, 11) is 0. The van der Waals surface area contributed by atoms with Crippen molar-refractivity contribution in [3.05, 3.63) is 23.7 Å². The summed E-state index contributed by atoms with van der Waals surface area (Å²) < 4.78 is 4.41. The third-order valence-corrected chi connectivity index (χ3v) is 1.09. The van der Waals surface area contributed by atoms with Crippen molar-refractivity contribution < 1.29 is 51.5 Å². The molecule has 0 atom stereocenters. The number of hydrogen-bond donors (Lipinski definition) is 2. The maximum Gasteiger partial charge on any atom is 0.372 e. The summed E-state index contributed by atoms with van der Waals surface area (Å²) in [4.78, 5) is 20.5. The Hall–Kier alpha value is -0.858. The Balaban J connectivity index is 0.00000121. The van der Waals surface area contributed by atoms with Crippen LogP contribution in [0, 0.1) is 0 Å². The molecule has 60 valence electrons. The monoisotopic (exact) mass is 270 g/mol. The summed E-state index contributed by atoms with van der Waals surface area (Å²) in [6.07, 6.45) is 1.02. The zero-order valence-corrected chi connectivity index (χ0v) is 10.0. The molecule has 0 bridgehead atoms. The van der Waals surface area contributed by atoms with Crippen LogP contribution in [0.4, 0.5) is 0 Å². The van der Waals surface area contributed by atoms with Crippen molar-refractivity contribution in [2.75, 3.05) is 0 Å². The first-order chi connectivity index (χ1) is 5.13. The zero-order valence-electron chi connectivity index (χ0n) is 5.98. The second-order valence-corrected chi connectivity index (χ2v) is 1.77. The summed E-state index contributed by atoms with van der Waals surface area (Å²) in [5.41, 5.74) is -0.336. The SMILES string of the molecule is O=C(O)c1ccoc1C(=O)O.[Cd]. The van der Waals surface area contributed by atoms with Gasteiger partial charge in [0.2, 0.25) is 5.76 Å². The van der Waals surface area contributed by atoms with Gasteiger partial charge in [0.25, 0.3) is 0 Å². The number of furan rings is 1. The van der Waals surface area contributed by atoms with Crippen LogP contribution >= 0.6 is 0 Å². The molecule has 0 unspecified atom stereocenters. The van der Waals surface area contributed by atoms with Crippen LogP contribution in [-0.4, -0.2) is 22.2 Å². The van der Waals surface area contributed by atoms with Crippen molar-refractivity contribution in [2.24, 2.45) is 0 Å². The second kappa shape index (κ2) is 4.24. The molecule has 1 aromatic heterocycles. The van der Waals surface area contributed by atoms with Crippen LogP contribution in [0.25, 0.3) is 0 Å². The minimum Gasteiger partial charge on any atom is -0.478 e. The van der Waals surface area contributed by atoms with Crippen LogP contribution in [0.5, 0.6) is 0 Å². The third-order valence-electron chi connectivity index (χ3n) is 1.09. The molecule has 0 fully saturated rings. The molecule has 0 aromatic carbocycles. The molecule has 0 saturated heterocycles. The van der Waals surface area contributed by atoms with E-state index in [4.69, 9.17) is 10.2 Å². The molecule has 1 heterocycles.